The zero-order valence-corrected chi connectivity index (χ0v) is 21.9. The van der Waals surface area contributed by atoms with Crippen LogP contribution in [0.15, 0.2) is 84.9 Å². The summed E-state index contributed by atoms with van der Waals surface area (Å²) < 4.78 is 10.6. The number of rotatable bonds is 11. The van der Waals surface area contributed by atoms with E-state index >= 15 is 0 Å². The van der Waals surface area contributed by atoms with Crippen molar-refractivity contribution in [3.05, 3.63) is 102 Å². The Kier molecular flexibility index (Phi) is 7.47. The van der Waals surface area contributed by atoms with Crippen LogP contribution in [0.2, 0.25) is 0 Å². The zero-order chi connectivity index (χ0) is 27.4. The number of ketones is 1. The molecule has 1 fully saturated rings. The lowest BCUT2D eigenvalue weighted by Crippen LogP contribution is -2.54. The lowest BCUT2D eigenvalue weighted by Gasteiger charge is -2.24. The summed E-state index contributed by atoms with van der Waals surface area (Å²) in [6.45, 7) is 2.05. The average Bonchev–Trinajstić information content (AvgIpc) is 3.56. The molecule has 200 valence electrons. The first-order chi connectivity index (χ1) is 18.8. The van der Waals surface area contributed by atoms with Gasteiger partial charge in [-0.2, -0.15) is 0 Å². The molecule has 0 spiro atoms. The summed E-state index contributed by atoms with van der Waals surface area (Å²) in [5.74, 6) is -0.366. The highest BCUT2D eigenvalue weighted by Gasteiger charge is 2.50. The summed E-state index contributed by atoms with van der Waals surface area (Å²) in [7, 11) is 1.58. The van der Waals surface area contributed by atoms with Crippen LogP contribution >= 0.6 is 0 Å². The number of Topliss-reactive ketones (excluding diaryl/α,β-unsaturated/α-hetero) is 1. The van der Waals surface area contributed by atoms with Gasteiger partial charge in [0, 0.05) is 17.3 Å². The molecule has 3 atom stereocenters. The molecule has 1 aromatic heterocycles. The van der Waals surface area contributed by atoms with Crippen LogP contribution in [0.5, 0.6) is 5.75 Å². The lowest BCUT2D eigenvalue weighted by atomic mass is 9.94. The molecule has 1 aliphatic rings. The number of fused-ring (bicyclic) bond motifs is 1. The maximum Gasteiger partial charge on any atom is 0.268 e. The molecular weight excluding hydrogens is 494 g/mol. The van der Waals surface area contributed by atoms with Crippen LogP contribution in [0.1, 0.15) is 28.5 Å². The first-order valence-electron chi connectivity index (χ1n) is 12.9. The lowest BCUT2D eigenvalue weighted by molar-refractivity contribution is -0.131. The zero-order valence-electron chi connectivity index (χ0n) is 21.9. The fourth-order valence-corrected chi connectivity index (χ4v) is 4.59. The van der Waals surface area contributed by atoms with Crippen molar-refractivity contribution in [2.75, 3.05) is 13.7 Å². The number of aromatic nitrogens is 1. The van der Waals surface area contributed by atoms with E-state index in [0.29, 0.717) is 24.5 Å². The SMILES string of the molecule is COc1ccc(CC(NC(=O)c2cc3ccccc3[nH]2)C(=O)NC(Cc2ccccc2)C(=O)C2(C)CO2)cc1. The Morgan fingerprint density at radius 3 is 2.21 bits per heavy atom. The molecule has 3 aromatic carbocycles. The Morgan fingerprint density at radius 1 is 0.897 bits per heavy atom. The van der Waals surface area contributed by atoms with Crippen molar-refractivity contribution in [2.45, 2.75) is 37.5 Å². The Balaban J connectivity index is 1.39. The molecule has 8 nitrogen and oxygen atoms in total. The van der Waals surface area contributed by atoms with Gasteiger partial charge in [-0.1, -0.05) is 60.7 Å². The summed E-state index contributed by atoms with van der Waals surface area (Å²) in [6.07, 6.45) is 0.539. The molecule has 3 unspecified atom stereocenters. The molecule has 3 N–H and O–H groups in total. The van der Waals surface area contributed by atoms with E-state index in [1.165, 1.54) is 0 Å². The standard InChI is InChI=1S/C31H31N3O5/c1-31(19-39-31)28(35)25(16-20-8-4-3-5-9-20)33-29(36)26(17-21-12-14-23(38-2)15-13-21)34-30(37)27-18-22-10-6-7-11-24(22)32-27/h3-15,18,25-26,32H,16-17,19H2,1-2H3,(H,33,36)(H,34,37). The van der Waals surface area contributed by atoms with Crippen molar-refractivity contribution >= 4 is 28.5 Å². The number of hydrogen-bond donors (Lipinski definition) is 3. The molecule has 5 rings (SSSR count). The van der Waals surface area contributed by atoms with Gasteiger partial charge in [-0.15, -0.1) is 0 Å². The number of hydrogen-bond acceptors (Lipinski definition) is 5. The number of nitrogens with one attached hydrogen (secondary N) is 3. The smallest absolute Gasteiger partial charge is 0.268 e. The fourth-order valence-electron chi connectivity index (χ4n) is 4.59. The van der Waals surface area contributed by atoms with Gasteiger partial charge >= 0.3 is 0 Å². The Bertz CT molecular complexity index is 1440. The van der Waals surface area contributed by atoms with Crippen LogP contribution in [0, 0.1) is 0 Å². The highest BCUT2D eigenvalue weighted by Crippen LogP contribution is 2.29. The van der Waals surface area contributed by atoms with E-state index in [4.69, 9.17) is 9.47 Å². The van der Waals surface area contributed by atoms with E-state index in [0.717, 1.165) is 22.0 Å². The van der Waals surface area contributed by atoms with Gasteiger partial charge in [0.05, 0.1) is 19.8 Å². The number of epoxide rings is 1. The van der Waals surface area contributed by atoms with Gasteiger partial charge < -0.3 is 25.1 Å². The first kappa shape index (κ1) is 26.2. The topological polar surface area (TPSA) is 113 Å². The molecule has 0 radical (unpaired) electrons. The van der Waals surface area contributed by atoms with Crippen molar-refractivity contribution in [1.82, 2.24) is 15.6 Å². The Labute approximate surface area is 226 Å². The summed E-state index contributed by atoms with van der Waals surface area (Å²) in [5, 5.41) is 6.69. The minimum atomic E-state index is -0.934. The summed E-state index contributed by atoms with van der Waals surface area (Å²) in [4.78, 5) is 43.4. The maximum atomic E-state index is 13.7. The van der Waals surface area contributed by atoms with Crippen molar-refractivity contribution in [1.29, 1.82) is 0 Å². The van der Waals surface area contributed by atoms with Gasteiger partial charge in [-0.05, 0) is 48.7 Å². The molecule has 1 saturated heterocycles. The van der Waals surface area contributed by atoms with E-state index in [2.05, 4.69) is 15.6 Å². The van der Waals surface area contributed by atoms with Crippen LogP contribution in [0.4, 0.5) is 0 Å². The predicted molar refractivity (Wildman–Crippen MR) is 148 cm³/mol. The fraction of sp³-hybridized carbons (Fsp3) is 0.258. The summed E-state index contributed by atoms with van der Waals surface area (Å²) >= 11 is 0. The molecule has 0 aliphatic carbocycles. The third-order valence-electron chi connectivity index (χ3n) is 7.01. The normalized spacial score (nSPS) is 17.7. The van der Waals surface area contributed by atoms with E-state index in [9.17, 15) is 14.4 Å². The van der Waals surface area contributed by atoms with Gasteiger partial charge in [-0.25, -0.2) is 0 Å². The number of H-pyrrole nitrogens is 1. The molecule has 2 heterocycles. The van der Waals surface area contributed by atoms with Crippen molar-refractivity contribution in [2.24, 2.45) is 0 Å². The monoisotopic (exact) mass is 525 g/mol. The van der Waals surface area contributed by atoms with Gasteiger partial charge in [0.25, 0.3) is 5.91 Å². The minimum absolute atomic E-state index is 0.190. The minimum Gasteiger partial charge on any atom is -0.497 e. The van der Waals surface area contributed by atoms with Crippen LogP contribution in [-0.4, -0.2) is 54.0 Å². The van der Waals surface area contributed by atoms with Gasteiger partial charge in [0.1, 0.15) is 23.1 Å². The van der Waals surface area contributed by atoms with Crippen molar-refractivity contribution < 1.29 is 23.9 Å². The number of aromatic amines is 1. The van der Waals surface area contributed by atoms with Crippen LogP contribution < -0.4 is 15.4 Å². The van der Waals surface area contributed by atoms with Crippen molar-refractivity contribution in [3.63, 3.8) is 0 Å². The third-order valence-corrected chi connectivity index (χ3v) is 7.01. The van der Waals surface area contributed by atoms with E-state index in [-0.39, 0.29) is 12.2 Å². The second-order valence-electron chi connectivity index (χ2n) is 9.98. The highest BCUT2D eigenvalue weighted by atomic mass is 16.6. The summed E-state index contributed by atoms with van der Waals surface area (Å²) in [5.41, 5.74) is 2.00. The number of ether oxygens (including phenoxy) is 2. The third kappa shape index (κ3) is 6.18. The molecule has 8 heteroatoms. The number of methoxy groups -OCH3 is 1. The number of carbonyl (C=O) groups excluding carboxylic acids is 3. The van der Waals surface area contributed by atoms with Crippen molar-refractivity contribution in [3.8, 4) is 5.75 Å². The molecule has 39 heavy (non-hydrogen) atoms. The Morgan fingerprint density at radius 2 is 1.54 bits per heavy atom. The predicted octanol–water partition coefficient (Wildman–Crippen LogP) is 3.60. The highest BCUT2D eigenvalue weighted by molar-refractivity contribution is 6.01. The van der Waals surface area contributed by atoms with Crippen LogP contribution in [-0.2, 0) is 27.2 Å². The molecule has 1 aliphatic heterocycles. The number of carbonyl (C=O) groups is 3. The van der Waals surface area contributed by atoms with Gasteiger partial charge in [0.2, 0.25) is 5.91 Å². The first-order valence-corrected chi connectivity index (χ1v) is 12.9. The number of para-hydroxylation sites is 1. The number of benzene rings is 3. The van der Waals surface area contributed by atoms with E-state index in [1.54, 1.807) is 32.2 Å². The van der Waals surface area contributed by atoms with E-state index < -0.39 is 29.5 Å². The molecular formula is C31H31N3O5. The van der Waals surface area contributed by atoms with Gasteiger partial charge in [-0.3, -0.25) is 14.4 Å². The van der Waals surface area contributed by atoms with Crippen LogP contribution in [0.25, 0.3) is 10.9 Å². The molecule has 2 amide bonds. The second kappa shape index (κ2) is 11.1. The largest absolute Gasteiger partial charge is 0.497 e. The van der Waals surface area contributed by atoms with E-state index in [1.807, 2.05) is 66.7 Å². The van der Waals surface area contributed by atoms with Gasteiger partial charge in [0.15, 0.2) is 5.78 Å². The molecule has 0 saturated carbocycles. The second-order valence-corrected chi connectivity index (χ2v) is 9.98. The molecule has 4 aromatic rings. The summed E-state index contributed by atoms with van der Waals surface area (Å²) in [6, 6.07) is 24.4. The quantitative estimate of drug-likeness (QED) is 0.259. The van der Waals surface area contributed by atoms with Crippen LogP contribution in [0.3, 0.4) is 0 Å². The molecule has 0 bridgehead atoms. The Hall–Kier alpha value is -4.43. The maximum absolute atomic E-state index is 13.7. The number of amides is 2. The average molecular weight is 526 g/mol.